The van der Waals surface area contributed by atoms with Crippen LogP contribution in [0.25, 0.3) is 0 Å². The Morgan fingerprint density at radius 3 is 2.49 bits per heavy atom. The Balaban J connectivity index is 0.850. The number of imide groups is 1. The number of fused-ring (bicyclic) bond motifs is 1. The molecule has 5 aliphatic heterocycles. The van der Waals surface area contributed by atoms with Crippen LogP contribution in [-0.4, -0.2) is 124 Å². The normalized spacial score (nSPS) is 22.6. The number of hydrogen-bond acceptors (Lipinski definition) is 10. The summed E-state index contributed by atoms with van der Waals surface area (Å²) < 4.78 is 0. The van der Waals surface area contributed by atoms with Crippen molar-refractivity contribution in [3.63, 3.8) is 0 Å². The second-order valence-corrected chi connectivity index (χ2v) is 16.5. The zero-order valence-corrected chi connectivity index (χ0v) is 32.8. The molecule has 4 fully saturated rings. The summed E-state index contributed by atoms with van der Waals surface area (Å²) in [7, 11) is 1.83. The lowest BCUT2D eigenvalue weighted by molar-refractivity contribution is -0.136. The van der Waals surface area contributed by atoms with Crippen molar-refractivity contribution < 1.29 is 24.0 Å². The highest BCUT2D eigenvalue weighted by atomic mass is 16.2. The highest BCUT2D eigenvalue weighted by Crippen LogP contribution is 2.37. The molecule has 15 nitrogen and oxygen atoms in total. The van der Waals surface area contributed by atoms with E-state index in [1.54, 1.807) is 16.0 Å². The van der Waals surface area contributed by atoms with Gasteiger partial charge in [0.25, 0.3) is 11.8 Å². The van der Waals surface area contributed by atoms with Gasteiger partial charge in [0.1, 0.15) is 11.9 Å². The number of benzene rings is 2. The molecule has 4 saturated heterocycles. The fraction of sp³-hybridized carbons (Fsp3) is 0.500. The maximum atomic E-state index is 13.3. The number of nitrogens with zero attached hydrogens (tertiary/aromatic N) is 7. The minimum atomic E-state index is -0.658. The van der Waals surface area contributed by atoms with E-state index in [2.05, 4.69) is 50.5 Å². The monoisotopic (exact) mass is 776 g/mol. The zero-order valence-electron chi connectivity index (χ0n) is 32.8. The van der Waals surface area contributed by atoms with Gasteiger partial charge in [0.2, 0.25) is 11.8 Å². The number of carbonyl (C=O) groups is 5. The van der Waals surface area contributed by atoms with Gasteiger partial charge in [-0.2, -0.15) is 0 Å². The highest BCUT2D eigenvalue weighted by molar-refractivity contribution is 6.05. The number of aromatic nitrogens is 2. The van der Waals surface area contributed by atoms with Gasteiger partial charge in [-0.1, -0.05) is 31.2 Å². The topological polar surface area (TPSA) is 177 Å². The molecule has 3 aromatic rings. The Kier molecular flexibility index (Phi) is 10.6. The van der Waals surface area contributed by atoms with Crippen LogP contribution in [0, 0.1) is 0 Å². The third-order valence-electron chi connectivity index (χ3n) is 12.8. The van der Waals surface area contributed by atoms with Crippen molar-refractivity contribution in [1.29, 1.82) is 0 Å². The number of likely N-dealkylation sites (N-methyl/N-ethyl adjacent to an activating group) is 1. The molecular weight excluding hydrogens is 725 g/mol. The lowest BCUT2D eigenvalue weighted by atomic mass is 9.74. The highest BCUT2D eigenvalue weighted by Gasteiger charge is 2.40. The third kappa shape index (κ3) is 7.76. The van der Waals surface area contributed by atoms with Crippen LogP contribution in [0.3, 0.4) is 0 Å². The van der Waals surface area contributed by atoms with E-state index in [0.29, 0.717) is 36.7 Å². The first-order valence-electron chi connectivity index (χ1n) is 20.3. The Bertz CT molecular complexity index is 2070. The number of anilines is 3. The summed E-state index contributed by atoms with van der Waals surface area (Å²) in [6, 6.07) is 13.7. The van der Waals surface area contributed by atoms with Crippen LogP contribution < -0.4 is 21.3 Å². The number of nitrogens with two attached hydrogens (primary N) is 1. The summed E-state index contributed by atoms with van der Waals surface area (Å²) in [4.78, 5) is 81.7. The Labute approximate surface area is 332 Å². The second-order valence-electron chi connectivity index (χ2n) is 16.5. The molecule has 15 heteroatoms. The van der Waals surface area contributed by atoms with Gasteiger partial charge in [-0.25, -0.2) is 14.8 Å². The average molecular weight is 777 g/mol. The van der Waals surface area contributed by atoms with Gasteiger partial charge < -0.3 is 35.6 Å². The quantitative estimate of drug-likeness (QED) is 0.245. The first kappa shape index (κ1) is 38.3. The summed E-state index contributed by atoms with van der Waals surface area (Å²) in [5.74, 6) is -0.510. The fourth-order valence-electron chi connectivity index (χ4n) is 9.25. The maximum absolute atomic E-state index is 13.3. The van der Waals surface area contributed by atoms with Gasteiger partial charge >= 0.3 is 6.03 Å². The molecule has 2 aromatic carbocycles. The summed E-state index contributed by atoms with van der Waals surface area (Å²) in [5.41, 5.74) is 10.7. The first-order chi connectivity index (χ1) is 27.5. The van der Waals surface area contributed by atoms with Gasteiger partial charge in [-0.3, -0.25) is 24.5 Å². The number of hydrogen-bond donors (Lipinski definition) is 3. The van der Waals surface area contributed by atoms with E-state index in [-0.39, 0.29) is 47.3 Å². The number of carbonyl (C=O) groups excluding carboxylic acids is 5. The van der Waals surface area contributed by atoms with Gasteiger partial charge in [0.15, 0.2) is 11.5 Å². The predicted octanol–water partition coefficient (Wildman–Crippen LogP) is 3.40. The number of rotatable bonds is 11. The molecule has 8 rings (SSSR count). The largest absolute Gasteiger partial charge is 0.364 e. The number of piperidine rings is 3. The molecule has 0 spiro atoms. The molecule has 0 radical (unpaired) electrons. The van der Waals surface area contributed by atoms with Crippen LogP contribution in [-0.2, 0) is 28.0 Å². The minimum absolute atomic E-state index is 0.0174. The van der Waals surface area contributed by atoms with Crippen LogP contribution >= 0.6 is 0 Å². The van der Waals surface area contributed by atoms with Crippen LogP contribution in [0.15, 0.2) is 48.7 Å². The van der Waals surface area contributed by atoms with Crippen molar-refractivity contribution in [1.82, 2.24) is 34.9 Å². The second kappa shape index (κ2) is 15.8. The van der Waals surface area contributed by atoms with Crippen LogP contribution in [0.5, 0.6) is 0 Å². The van der Waals surface area contributed by atoms with Crippen LogP contribution in [0.2, 0.25) is 0 Å². The molecule has 5 aliphatic rings. The van der Waals surface area contributed by atoms with Crippen molar-refractivity contribution in [2.45, 2.75) is 82.3 Å². The van der Waals surface area contributed by atoms with E-state index in [9.17, 15) is 24.0 Å². The summed E-state index contributed by atoms with van der Waals surface area (Å²) in [5, 5.41) is 5.69. The van der Waals surface area contributed by atoms with E-state index >= 15 is 0 Å². The number of amides is 6. The van der Waals surface area contributed by atoms with Crippen LogP contribution in [0.4, 0.5) is 22.1 Å². The Hall–Kier alpha value is -5.57. The van der Waals surface area contributed by atoms with E-state index in [1.165, 1.54) is 5.56 Å². The van der Waals surface area contributed by atoms with Gasteiger partial charge in [0, 0.05) is 57.4 Å². The zero-order chi connectivity index (χ0) is 39.8. The molecule has 4 N–H and O–H groups in total. The van der Waals surface area contributed by atoms with Crippen molar-refractivity contribution in [3.8, 4) is 0 Å². The van der Waals surface area contributed by atoms with Gasteiger partial charge in [-0.15, -0.1) is 0 Å². The van der Waals surface area contributed by atoms with E-state index in [4.69, 9.17) is 10.7 Å². The van der Waals surface area contributed by atoms with Crippen molar-refractivity contribution >= 4 is 47.0 Å². The number of primary amides is 1. The van der Waals surface area contributed by atoms with Crippen molar-refractivity contribution in [2.24, 2.45) is 5.73 Å². The molecule has 300 valence electrons. The number of aryl methyl sites for hydroxylation is 1. The van der Waals surface area contributed by atoms with Crippen molar-refractivity contribution in [3.05, 3.63) is 76.6 Å². The van der Waals surface area contributed by atoms with Crippen LogP contribution in [0.1, 0.15) is 89.4 Å². The van der Waals surface area contributed by atoms with Crippen molar-refractivity contribution in [2.75, 3.05) is 63.1 Å². The van der Waals surface area contributed by atoms with E-state index in [0.717, 1.165) is 94.6 Å². The molecule has 2 atom stereocenters. The maximum Gasteiger partial charge on any atom is 0.320 e. The molecule has 6 heterocycles. The van der Waals surface area contributed by atoms with E-state index in [1.807, 2.05) is 36.2 Å². The number of likely N-dealkylation sites (tertiary alicyclic amines) is 1. The fourth-order valence-corrected chi connectivity index (χ4v) is 9.25. The number of urea groups is 1. The molecular formula is C42H52N10O5. The third-order valence-corrected chi connectivity index (χ3v) is 12.8. The Morgan fingerprint density at radius 1 is 0.982 bits per heavy atom. The smallest absolute Gasteiger partial charge is 0.320 e. The summed E-state index contributed by atoms with van der Waals surface area (Å²) in [6.07, 6.45) is 7.91. The average Bonchev–Trinajstić information content (AvgIpc) is 3.73. The summed E-state index contributed by atoms with van der Waals surface area (Å²) >= 11 is 0. The molecule has 0 bridgehead atoms. The van der Waals surface area contributed by atoms with Gasteiger partial charge in [0.05, 0.1) is 12.2 Å². The Morgan fingerprint density at radius 2 is 1.77 bits per heavy atom. The molecule has 57 heavy (non-hydrogen) atoms. The molecule has 1 aromatic heterocycles. The molecule has 1 unspecified atom stereocenters. The lowest BCUT2D eigenvalue weighted by Crippen LogP contribution is -2.52. The molecule has 0 saturated carbocycles. The standard InChI is InChI=1S/C42H52N10O5/c1-42(16-20-49(21-17-42)18-4-7-27-6-3-9-31-32(27)26-52(40(31)56)33-14-15-35(53)47-39(33)55)28-10-12-29(13-11-28)45-38-36(37(43)54)44-24-34(46-38)50-19-5-8-30(25-50)51-23-22-48(2)41(51)57/h3,6,9-13,24,30,33H,4-5,7-8,14-23,25-26H2,1-2H3,(H2,43,54)(H,45,46)(H,47,53,55)/t30-,33?/m1/s1. The van der Waals surface area contributed by atoms with E-state index < -0.39 is 11.9 Å². The lowest BCUT2D eigenvalue weighted by Gasteiger charge is -2.40. The summed E-state index contributed by atoms with van der Waals surface area (Å²) in [6.45, 7) is 8.54. The SMILES string of the molecule is CN1CCN([C@@H]2CCCN(c3cnc(C(N)=O)c(Nc4ccc(C5(C)CCN(CCCc6cccc7c6CN(C6CCC(=O)NC6=O)C7=O)CC5)cc4)n3)C2)C1=O. The first-order valence-corrected chi connectivity index (χ1v) is 20.3. The molecule has 6 amide bonds. The number of nitrogens with one attached hydrogen (secondary N) is 2. The molecule has 0 aliphatic carbocycles. The van der Waals surface area contributed by atoms with Gasteiger partial charge in [-0.05, 0) is 105 Å². The minimum Gasteiger partial charge on any atom is -0.364 e. The predicted molar refractivity (Wildman–Crippen MR) is 214 cm³/mol.